The van der Waals surface area contributed by atoms with Crippen molar-refractivity contribution in [1.82, 2.24) is 29.8 Å². The van der Waals surface area contributed by atoms with Gasteiger partial charge < -0.3 is 25.4 Å². The van der Waals surface area contributed by atoms with Crippen LogP contribution in [-0.4, -0.2) is 68.3 Å². The molecular formula is C28H35ClFN7O3S. The number of fused-ring (bicyclic) bond motifs is 1. The molecule has 0 spiro atoms. The minimum absolute atomic E-state index is 0.0707. The number of piperidine rings is 1. The Morgan fingerprint density at radius 2 is 2.15 bits per heavy atom. The summed E-state index contributed by atoms with van der Waals surface area (Å²) >= 11 is 7.14. The van der Waals surface area contributed by atoms with Crippen LogP contribution in [0.25, 0.3) is 5.52 Å². The standard InChI is InChI=1S/C28H35ClFN7O3S/c1-4-21(12-23(29)19(3)30)34-25(39)13-22-14-31-28(41-22)35-27-26-18(2)24(15-37(26)33-17-32-27)40-11-5-8-36-9-6-20(16-38)7-10-36/h4,12,14-15,17,20,38H,1,5-11,13,16H2,2-3H3,(H,34,39)(H,31,32,33,35)/b21-12+,23-19-. The molecule has 0 aromatic carbocycles. The largest absolute Gasteiger partial charge is 0.492 e. The monoisotopic (exact) mass is 603 g/mol. The summed E-state index contributed by atoms with van der Waals surface area (Å²) in [5.41, 5.74) is 1.98. The van der Waals surface area contributed by atoms with Crippen LogP contribution in [0, 0.1) is 12.8 Å². The van der Waals surface area contributed by atoms with Gasteiger partial charge >= 0.3 is 0 Å². The quantitative estimate of drug-likeness (QED) is 0.187. The fraction of sp³-hybridized carbons (Fsp3) is 0.429. The summed E-state index contributed by atoms with van der Waals surface area (Å²) in [5.74, 6) is 0.890. The lowest BCUT2D eigenvalue weighted by Crippen LogP contribution is -2.35. The topological polar surface area (TPSA) is 117 Å². The molecule has 1 saturated heterocycles. The molecule has 1 fully saturated rings. The van der Waals surface area contributed by atoms with Crippen molar-refractivity contribution < 1.29 is 19.0 Å². The van der Waals surface area contributed by atoms with Crippen LogP contribution in [-0.2, 0) is 11.2 Å². The number of allylic oxidation sites excluding steroid dienone is 4. The van der Waals surface area contributed by atoms with Crippen LogP contribution >= 0.6 is 22.9 Å². The Morgan fingerprint density at radius 1 is 1.37 bits per heavy atom. The van der Waals surface area contributed by atoms with Gasteiger partial charge in [-0.15, -0.1) is 11.3 Å². The van der Waals surface area contributed by atoms with Crippen LogP contribution in [0.2, 0.25) is 0 Å². The van der Waals surface area contributed by atoms with Crippen LogP contribution in [0.5, 0.6) is 5.75 Å². The van der Waals surface area contributed by atoms with Gasteiger partial charge in [0, 0.05) is 35.5 Å². The Hall–Kier alpha value is -3.32. The summed E-state index contributed by atoms with van der Waals surface area (Å²) < 4.78 is 21.1. The van der Waals surface area contributed by atoms with E-state index in [4.69, 9.17) is 16.3 Å². The van der Waals surface area contributed by atoms with E-state index in [1.807, 2.05) is 13.1 Å². The van der Waals surface area contributed by atoms with Crippen molar-refractivity contribution in [2.24, 2.45) is 5.92 Å². The fourth-order valence-corrected chi connectivity index (χ4v) is 5.46. The third-order valence-corrected chi connectivity index (χ3v) is 8.13. The molecule has 220 valence electrons. The van der Waals surface area contributed by atoms with Crippen molar-refractivity contribution in [2.45, 2.75) is 39.5 Å². The second-order valence-electron chi connectivity index (χ2n) is 9.86. The zero-order valence-electron chi connectivity index (χ0n) is 23.2. The highest BCUT2D eigenvalue weighted by Crippen LogP contribution is 2.31. The highest BCUT2D eigenvalue weighted by molar-refractivity contribution is 7.15. The minimum Gasteiger partial charge on any atom is -0.492 e. The Labute approximate surface area is 247 Å². The molecule has 1 aliphatic heterocycles. The van der Waals surface area contributed by atoms with E-state index in [2.05, 4.69) is 37.2 Å². The number of carbonyl (C=O) groups is 1. The molecule has 0 aliphatic carbocycles. The number of aryl methyl sites for hydroxylation is 1. The molecule has 3 aromatic rings. The van der Waals surface area contributed by atoms with Crippen molar-refractivity contribution in [3.8, 4) is 5.75 Å². The molecule has 0 radical (unpaired) electrons. The van der Waals surface area contributed by atoms with Crippen LogP contribution in [0.1, 0.15) is 36.6 Å². The lowest BCUT2D eigenvalue weighted by Gasteiger charge is -2.30. The van der Waals surface area contributed by atoms with Crippen molar-refractivity contribution in [3.05, 3.63) is 64.4 Å². The number of likely N-dealkylation sites (tertiary alicyclic amines) is 1. The summed E-state index contributed by atoms with van der Waals surface area (Å²) in [6.45, 7) is 10.7. The molecule has 0 bridgehead atoms. The van der Waals surface area contributed by atoms with Gasteiger partial charge in [0.05, 0.1) is 24.3 Å². The zero-order chi connectivity index (χ0) is 29.4. The van der Waals surface area contributed by atoms with Crippen LogP contribution in [0.15, 0.2) is 54.0 Å². The van der Waals surface area contributed by atoms with E-state index >= 15 is 0 Å². The smallest absolute Gasteiger partial charge is 0.229 e. The van der Waals surface area contributed by atoms with Crippen molar-refractivity contribution in [1.29, 1.82) is 0 Å². The van der Waals surface area contributed by atoms with Gasteiger partial charge in [0.25, 0.3) is 0 Å². The van der Waals surface area contributed by atoms with Crippen LogP contribution in [0.3, 0.4) is 0 Å². The van der Waals surface area contributed by atoms with E-state index in [1.54, 1.807) is 10.7 Å². The fourth-order valence-electron chi connectivity index (χ4n) is 4.53. The molecule has 0 saturated carbocycles. The number of nitrogens with zero attached hydrogens (tertiary/aromatic N) is 5. The normalized spacial score (nSPS) is 15.6. The van der Waals surface area contributed by atoms with E-state index in [9.17, 15) is 14.3 Å². The highest BCUT2D eigenvalue weighted by Gasteiger charge is 2.19. The first-order valence-corrected chi connectivity index (χ1v) is 14.6. The predicted molar refractivity (Wildman–Crippen MR) is 159 cm³/mol. The average molecular weight is 604 g/mol. The summed E-state index contributed by atoms with van der Waals surface area (Å²) in [6, 6.07) is 0. The van der Waals surface area contributed by atoms with Gasteiger partial charge in [0.15, 0.2) is 10.9 Å². The Morgan fingerprint density at radius 3 is 2.85 bits per heavy atom. The third-order valence-electron chi connectivity index (χ3n) is 6.85. The molecular weight excluding hydrogens is 569 g/mol. The number of anilines is 2. The van der Waals surface area contributed by atoms with Gasteiger partial charge in [-0.1, -0.05) is 18.2 Å². The van der Waals surface area contributed by atoms with Gasteiger partial charge in [0.1, 0.15) is 23.4 Å². The summed E-state index contributed by atoms with van der Waals surface area (Å²) in [5, 5.41) is 20.0. The summed E-state index contributed by atoms with van der Waals surface area (Å²) in [6.07, 6.45) is 10.7. The maximum absolute atomic E-state index is 13.3. The molecule has 41 heavy (non-hydrogen) atoms. The van der Waals surface area contributed by atoms with Crippen LogP contribution in [0.4, 0.5) is 15.3 Å². The molecule has 1 aliphatic rings. The molecule has 0 unspecified atom stereocenters. The maximum Gasteiger partial charge on any atom is 0.229 e. The Kier molecular flexibility index (Phi) is 10.9. The molecule has 4 rings (SSSR count). The number of aliphatic hydroxyl groups is 1. The van der Waals surface area contributed by atoms with Gasteiger partial charge in [0.2, 0.25) is 5.91 Å². The van der Waals surface area contributed by atoms with E-state index in [1.165, 1.54) is 36.7 Å². The lowest BCUT2D eigenvalue weighted by atomic mass is 9.98. The second kappa shape index (κ2) is 14.5. The molecule has 13 heteroatoms. The molecule has 4 heterocycles. The zero-order valence-corrected chi connectivity index (χ0v) is 24.8. The number of nitrogens with one attached hydrogen (secondary N) is 2. The van der Waals surface area contributed by atoms with Gasteiger partial charge in [-0.25, -0.2) is 18.9 Å². The second-order valence-corrected chi connectivity index (χ2v) is 11.4. The number of ether oxygens (including phenoxy) is 1. The first-order chi connectivity index (χ1) is 19.8. The van der Waals surface area contributed by atoms with Crippen molar-refractivity contribution >= 4 is 45.3 Å². The molecule has 3 aromatic heterocycles. The van der Waals surface area contributed by atoms with Crippen LogP contribution < -0.4 is 15.4 Å². The first-order valence-electron chi connectivity index (χ1n) is 13.4. The van der Waals surface area contributed by atoms with Crippen molar-refractivity contribution in [2.75, 3.05) is 38.2 Å². The number of hydrogen-bond acceptors (Lipinski definition) is 9. The SMILES string of the molecule is C=C/C(=C\C(Cl)=C(/C)F)NC(=O)Cc1cnc(Nc2ncnn3cc(OCCCN4CCC(CO)CC4)c(C)c23)s1. The molecule has 3 N–H and O–H groups in total. The van der Waals surface area contributed by atoms with E-state index < -0.39 is 5.83 Å². The number of amides is 1. The average Bonchev–Trinajstić information content (AvgIpc) is 3.54. The lowest BCUT2D eigenvalue weighted by molar-refractivity contribution is -0.119. The summed E-state index contributed by atoms with van der Waals surface area (Å²) in [4.78, 5) is 24.4. The third kappa shape index (κ3) is 8.35. The Balaban J connectivity index is 1.34. The number of aromatic nitrogens is 4. The maximum atomic E-state index is 13.3. The highest BCUT2D eigenvalue weighted by atomic mass is 35.5. The number of thiazole rings is 1. The van der Waals surface area contributed by atoms with E-state index in [-0.39, 0.29) is 24.0 Å². The Bertz CT molecular complexity index is 1430. The van der Waals surface area contributed by atoms with Gasteiger partial charge in [-0.2, -0.15) is 5.10 Å². The number of rotatable bonds is 13. The van der Waals surface area contributed by atoms with Crippen molar-refractivity contribution in [3.63, 3.8) is 0 Å². The number of hydrogen-bond donors (Lipinski definition) is 3. The summed E-state index contributed by atoms with van der Waals surface area (Å²) in [7, 11) is 0. The minimum atomic E-state index is -0.555. The van der Waals surface area contributed by atoms with Gasteiger partial charge in [-0.3, -0.25) is 4.79 Å². The van der Waals surface area contributed by atoms with E-state index in [0.29, 0.717) is 29.2 Å². The number of aliphatic hydroxyl groups excluding tert-OH is 1. The first kappa shape index (κ1) is 30.6. The van der Waals surface area contributed by atoms with Gasteiger partial charge in [-0.05, 0) is 64.3 Å². The molecule has 10 nitrogen and oxygen atoms in total. The number of halogens is 2. The predicted octanol–water partition coefficient (Wildman–Crippen LogP) is 4.88. The molecule has 1 amide bonds. The van der Waals surface area contributed by atoms with E-state index in [0.717, 1.165) is 60.6 Å². The molecule has 0 atom stereocenters. The number of carbonyl (C=O) groups excluding carboxylic acids is 1.